The zero-order chi connectivity index (χ0) is 17.7. The highest BCUT2D eigenvalue weighted by molar-refractivity contribution is 5.82. The van der Waals surface area contributed by atoms with Gasteiger partial charge in [-0.15, -0.1) is 0 Å². The maximum Gasteiger partial charge on any atom is 0.329 e. The number of carbonyl (C=O) groups is 1. The van der Waals surface area contributed by atoms with Crippen molar-refractivity contribution in [3.8, 4) is 0 Å². The van der Waals surface area contributed by atoms with Gasteiger partial charge in [-0.3, -0.25) is 0 Å². The largest absolute Gasteiger partial charge is 0.464 e. The van der Waals surface area contributed by atoms with Crippen LogP contribution in [-0.4, -0.2) is 18.6 Å². The van der Waals surface area contributed by atoms with Gasteiger partial charge in [0.05, 0.1) is 6.61 Å². The molecular formula is C22H27NO2. The lowest BCUT2D eigenvalue weighted by Crippen LogP contribution is -2.48. The molecule has 1 aliphatic rings. The molecule has 3 nitrogen and oxygen atoms in total. The number of nitrogens with one attached hydrogen (secondary N) is 1. The first-order valence-electron chi connectivity index (χ1n) is 9.21. The van der Waals surface area contributed by atoms with Crippen LogP contribution in [0.1, 0.15) is 43.7 Å². The van der Waals surface area contributed by atoms with Crippen LogP contribution >= 0.6 is 0 Å². The highest BCUT2D eigenvalue weighted by Gasteiger charge is 2.47. The van der Waals surface area contributed by atoms with E-state index >= 15 is 0 Å². The molecule has 2 aromatic rings. The number of anilines is 1. The molecule has 0 aromatic heterocycles. The zero-order valence-corrected chi connectivity index (χ0v) is 15.1. The van der Waals surface area contributed by atoms with E-state index in [-0.39, 0.29) is 17.4 Å². The molecule has 0 aliphatic heterocycles. The molecule has 1 aliphatic carbocycles. The van der Waals surface area contributed by atoms with Crippen LogP contribution < -0.4 is 5.32 Å². The molecule has 3 heteroatoms. The fourth-order valence-corrected chi connectivity index (χ4v) is 3.98. The van der Waals surface area contributed by atoms with Crippen LogP contribution in [0.15, 0.2) is 54.6 Å². The Morgan fingerprint density at radius 3 is 2.32 bits per heavy atom. The highest BCUT2D eigenvalue weighted by Crippen LogP contribution is 2.45. The van der Waals surface area contributed by atoms with E-state index in [4.69, 9.17) is 4.74 Å². The Morgan fingerprint density at radius 1 is 1.08 bits per heavy atom. The molecule has 0 amide bonds. The predicted octanol–water partition coefficient (Wildman–Crippen LogP) is 4.85. The fraction of sp³-hybridized carbons (Fsp3) is 0.409. The molecule has 3 rings (SSSR count). The monoisotopic (exact) mass is 337 g/mol. The van der Waals surface area contributed by atoms with Gasteiger partial charge in [0.1, 0.15) is 6.04 Å². The number of aryl methyl sites for hydroxylation is 1. The Hall–Kier alpha value is -2.29. The molecule has 1 unspecified atom stereocenters. The van der Waals surface area contributed by atoms with Crippen molar-refractivity contribution in [3.05, 3.63) is 65.7 Å². The van der Waals surface area contributed by atoms with Crippen LogP contribution in [0.25, 0.3) is 0 Å². The van der Waals surface area contributed by atoms with Gasteiger partial charge < -0.3 is 10.1 Å². The second-order valence-corrected chi connectivity index (χ2v) is 6.92. The third-order valence-corrected chi connectivity index (χ3v) is 5.28. The van der Waals surface area contributed by atoms with Crippen molar-refractivity contribution >= 4 is 11.7 Å². The van der Waals surface area contributed by atoms with Crippen LogP contribution in [0.4, 0.5) is 5.69 Å². The highest BCUT2D eigenvalue weighted by atomic mass is 16.5. The predicted molar refractivity (Wildman–Crippen MR) is 102 cm³/mol. The van der Waals surface area contributed by atoms with E-state index in [2.05, 4.69) is 48.6 Å². The quantitative estimate of drug-likeness (QED) is 0.766. The minimum Gasteiger partial charge on any atom is -0.464 e. The van der Waals surface area contributed by atoms with Gasteiger partial charge in [-0.05, 0) is 44.4 Å². The molecule has 0 heterocycles. The van der Waals surface area contributed by atoms with Gasteiger partial charge in [0.15, 0.2) is 0 Å². The Labute approximate surface area is 150 Å². The van der Waals surface area contributed by atoms with E-state index in [1.165, 1.54) is 11.1 Å². The molecule has 2 aromatic carbocycles. The Morgan fingerprint density at radius 2 is 1.72 bits per heavy atom. The summed E-state index contributed by atoms with van der Waals surface area (Å²) in [5.74, 6) is -0.158. The van der Waals surface area contributed by atoms with Gasteiger partial charge in [0, 0.05) is 11.1 Å². The SMILES string of the molecule is CCOC(=O)C(Nc1ccc(C)cc1)C1(c2ccccc2)CCCC1. The summed E-state index contributed by atoms with van der Waals surface area (Å²) < 4.78 is 5.46. The van der Waals surface area contributed by atoms with Crippen molar-refractivity contribution in [1.82, 2.24) is 0 Å². The smallest absolute Gasteiger partial charge is 0.329 e. The lowest BCUT2D eigenvalue weighted by atomic mass is 9.72. The molecule has 0 bridgehead atoms. The van der Waals surface area contributed by atoms with Gasteiger partial charge in [-0.2, -0.15) is 0 Å². The summed E-state index contributed by atoms with van der Waals surface area (Å²) in [7, 11) is 0. The first-order valence-corrected chi connectivity index (χ1v) is 9.21. The first kappa shape index (κ1) is 17.5. The Bertz CT molecular complexity index is 688. The summed E-state index contributed by atoms with van der Waals surface area (Å²) >= 11 is 0. The van der Waals surface area contributed by atoms with Crippen molar-refractivity contribution in [2.75, 3.05) is 11.9 Å². The topological polar surface area (TPSA) is 38.3 Å². The van der Waals surface area contributed by atoms with Crippen molar-refractivity contribution in [3.63, 3.8) is 0 Å². The summed E-state index contributed by atoms with van der Waals surface area (Å²) in [6.45, 7) is 4.33. The van der Waals surface area contributed by atoms with E-state index in [0.29, 0.717) is 6.61 Å². The Kier molecular flexibility index (Phi) is 5.42. The first-order chi connectivity index (χ1) is 12.2. The number of hydrogen-bond donors (Lipinski definition) is 1. The minimum atomic E-state index is -0.375. The number of carbonyl (C=O) groups excluding carboxylic acids is 1. The number of benzene rings is 2. The average molecular weight is 337 g/mol. The molecule has 1 fully saturated rings. The standard InChI is InChI=1S/C22H27NO2/c1-3-25-21(24)20(23-19-13-11-17(2)12-14-19)22(15-7-8-16-22)18-9-5-4-6-10-18/h4-6,9-14,20,23H,3,7-8,15-16H2,1-2H3. The van der Waals surface area contributed by atoms with E-state index in [0.717, 1.165) is 31.4 Å². The number of esters is 1. The van der Waals surface area contributed by atoms with Gasteiger partial charge in [-0.1, -0.05) is 60.9 Å². The van der Waals surface area contributed by atoms with Crippen molar-refractivity contribution in [2.45, 2.75) is 51.0 Å². The van der Waals surface area contributed by atoms with E-state index in [1.54, 1.807) is 0 Å². The van der Waals surface area contributed by atoms with Gasteiger partial charge in [0.25, 0.3) is 0 Å². The van der Waals surface area contributed by atoms with Crippen LogP contribution in [-0.2, 0) is 14.9 Å². The maximum atomic E-state index is 12.9. The van der Waals surface area contributed by atoms with Crippen LogP contribution in [0, 0.1) is 6.92 Å². The van der Waals surface area contributed by atoms with Crippen molar-refractivity contribution < 1.29 is 9.53 Å². The fourth-order valence-electron chi connectivity index (χ4n) is 3.98. The lowest BCUT2D eigenvalue weighted by molar-refractivity contribution is -0.145. The molecule has 1 atom stereocenters. The third-order valence-electron chi connectivity index (χ3n) is 5.28. The summed E-state index contributed by atoms with van der Waals surface area (Å²) in [6, 6.07) is 18.3. The molecule has 1 saturated carbocycles. The Balaban J connectivity index is 1.99. The summed E-state index contributed by atoms with van der Waals surface area (Å²) in [5.41, 5.74) is 3.19. The molecule has 0 spiro atoms. The number of ether oxygens (including phenoxy) is 1. The van der Waals surface area contributed by atoms with Crippen molar-refractivity contribution in [2.24, 2.45) is 0 Å². The molecular weight excluding hydrogens is 310 g/mol. The number of rotatable bonds is 6. The second kappa shape index (κ2) is 7.73. The minimum absolute atomic E-state index is 0.158. The van der Waals surface area contributed by atoms with Crippen molar-refractivity contribution in [1.29, 1.82) is 0 Å². The molecule has 0 radical (unpaired) electrons. The molecule has 132 valence electrons. The molecule has 0 saturated heterocycles. The normalized spacial score (nSPS) is 17.0. The van der Waals surface area contributed by atoms with E-state index in [1.807, 2.05) is 25.1 Å². The maximum absolute atomic E-state index is 12.9. The second-order valence-electron chi connectivity index (χ2n) is 6.92. The lowest BCUT2D eigenvalue weighted by Gasteiger charge is -2.37. The average Bonchev–Trinajstić information content (AvgIpc) is 3.13. The zero-order valence-electron chi connectivity index (χ0n) is 15.1. The van der Waals surface area contributed by atoms with Crippen LogP contribution in [0.2, 0.25) is 0 Å². The van der Waals surface area contributed by atoms with Crippen LogP contribution in [0.3, 0.4) is 0 Å². The van der Waals surface area contributed by atoms with Crippen LogP contribution in [0.5, 0.6) is 0 Å². The van der Waals surface area contributed by atoms with E-state index < -0.39 is 0 Å². The summed E-state index contributed by atoms with van der Waals surface area (Å²) in [5, 5.41) is 3.50. The molecule has 1 N–H and O–H groups in total. The van der Waals surface area contributed by atoms with E-state index in [9.17, 15) is 4.79 Å². The van der Waals surface area contributed by atoms with Gasteiger partial charge in [-0.25, -0.2) is 4.79 Å². The summed E-state index contributed by atoms with van der Waals surface area (Å²) in [4.78, 5) is 12.9. The third kappa shape index (κ3) is 3.71. The number of hydrogen-bond acceptors (Lipinski definition) is 3. The molecule has 25 heavy (non-hydrogen) atoms. The summed E-state index contributed by atoms with van der Waals surface area (Å²) in [6.07, 6.45) is 4.28. The van der Waals surface area contributed by atoms with Gasteiger partial charge in [0.2, 0.25) is 0 Å². The van der Waals surface area contributed by atoms with Gasteiger partial charge >= 0.3 is 5.97 Å².